The number of β-amino-alcohol motifs (C(OH)–C–C–N with tert-alkyl or cyclic N) is 1. The van der Waals surface area contributed by atoms with Crippen LogP contribution < -0.4 is 11.2 Å². The summed E-state index contributed by atoms with van der Waals surface area (Å²) < 4.78 is 0. The van der Waals surface area contributed by atoms with E-state index in [2.05, 4.69) is 9.97 Å². The van der Waals surface area contributed by atoms with Gasteiger partial charge in [0.25, 0.3) is 5.56 Å². The van der Waals surface area contributed by atoms with Crippen LogP contribution in [0.15, 0.2) is 15.7 Å². The first kappa shape index (κ1) is 11.1. The fourth-order valence-electron chi connectivity index (χ4n) is 2.02. The molecule has 3 N–H and O–H groups in total. The zero-order chi connectivity index (χ0) is 11.8. The van der Waals surface area contributed by atoms with Crippen molar-refractivity contribution in [3.8, 4) is 0 Å². The van der Waals surface area contributed by atoms with E-state index in [-0.39, 0.29) is 0 Å². The van der Waals surface area contributed by atoms with Crippen molar-refractivity contribution < 1.29 is 5.11 Å². The molecule has 1 atom stereocenters. The molecule has 1 aromatic rings. The molecule has 1 unspecified atom stereocenters. The van der Waals surface area contributed by atoms with Gasteiger partial charge in [-0.25, -0.2) is 4.79 Å². The molecule has 2 rings (SSSR count). The number of hydrogen-bond donors (Lipinski definition) is 3. The minimum absolute atomic E-state index is 0.398. The average molecular weight is 225 g/mol. The van der Waals surface area contributed by atoms with Gasteiger partial charge in [0.15, 0.2) is 0 Å². The molecule has 1 aliphatic heterocycles. The van der Waals surface area contributed by atoms with Crippen molar-refractivity contribution in [3.05, 3.63) is 32.6 Å². The van der Waals surface area contributed by atoms with Crippen LogP contribution in [0, 0.1) is 0 Å². The number of H-pyrrole nitrogens is 2. The molecule has 1 saturated heterocycles. The number of nitrogens with one attached hydrogen (secondary N) is 2. The van der Waals surface area contributed by atoms with Crippen LogP contribution in [0.1, 0.15) is 19.0 Å². The second-order valence-corrected chi connectivity index (χ2v) is 4.57. The number of nitrogens with zero attached hydrogens (tertiary/aromatic N) is 1. The summed E-state index contributed by atoms with van der Waals surface area (Å²) in [6.45, 7) is 3.59. The molecule has 0 radical (unpaired) electrons. The van der Waals surface area contributed by atoms with E-state index >= 15 is 0 Å². The highest BCUT2D eigenvalue weighted by atomic mass is 16.3. The van der Waals surface area contributed by atoms with Crippen LogP contribution in [-0.2, 0) is 6.54 Å². The third kappa shape index (κ3) is 2.59. The van der Waals surface area contributed by atoms with Crippen LogP contribution >= 0.6 is 0 Å². The number of aromatic amines is 2. The largest absolute Gasteiger partial charge is 0.389 e. The zero-order valence-electron chi connectivity index (χ0n) is 9.12. The Bertz CT molecular complexity index is 460. The smallest absolute Gasteiger partial charge is 0.325 e. The van der Waals surface area contributed by atoms with E-state index < -0.39 is 16.9 Å². The molecule has 0 amide bonds. The Morgan fingerprint density at radius 2 is 2.25 bits per heavy atom. The zero-order valence-corrected chi connectivity index (χ0v) is 9.12. The maximum absolute atomic E-state index is 11.1. The highest BCUT2D eigenvalue weighted by molar-refractivity contribution is 5.00. The van der Waals surface area contributed by atoms with E-state index in [9.17, 15) is 14.7 Å². The molecule has 1 fully saturated rings. The fraction of sp³-hybridized carbons (Fsp3) is 0.600. The summed E-state index contributed by atoms with van der Waals surface area (Å²) in [4.78, 5) is 28.8. The molecular weight excluding hydrogens is 210 g/mol. The maximum Gasteiger partial charge on any atom is 0.325 e. The summed E-state index contributed by atoms with van der Waals surface area (Å²) in [5.41, 5.74) is -0.980. The Hall–Kier alpha value is -1.40. The second kappa shape index (κ2) is 3.88. The summed E-state index contributed by atoms with van der Waals surface area (Å²) in [6, 6.07) is 1.37. The van der Waals surface area contributed by atoms with Crippen LogP contribution in [0.5, 0.6) is 0 Å². The quantitative estimate of drug-likeness (QED) is 0.603. The average Bonchev–Trinajstić information content (AvgIpc) is 2.43. The maximum atomic E-state index is 11.1. The fourth-order valence-corrected chi connectivity index (χ4v) is 2.02. The van der Waals surface area contributed by atoms with Gasteiger partial charge in [-0.1, -0.05) is 0 Å². The van der Waals surface area contributed by atoms with Gasteiger partial charge < -0.3 is 10.1 Å². The Kier molecular flexibility index (Phi) is 2.69. The standard InChI is InChI=1S/C10H15N3O3/c1-10(16)2-3-13(6-10)5-7-4-8(14)12-9(15)11-7/h4,16H,2-3,5-6H2,1H3,(H2,11,12,14,15). The van der Waals surface area contributed by atoms with Crippen LogP contribution in [0.2, 0.25) is 0 Å². The lowest BCUT2D eigenvalue weighted by atomic mass is 10.1. The molecular formula is C10H15N3O3. The summed E-state index contributed by atoms with van der Waals surface area (Å²) in [5.74, 6) is 0. The van der Waals surface area contributed by atoms with Crippen LogP contribution in [-0.4, -0.2) is 38.7 Å². The molecule has 2 heterocycles. The van der Waals surface area contributed by atoms with Crippen molar-refractivity contribution in [3.63, 3.8) is 0 Å². The molecule has 0 saturated carbocycles. The van der Waals surface area contributed by atoms with E-state index in [1.54, 1.807) is 6.92 Å². The molecule has 1 aromatic heterocycles. The predicted octanol–water partition coefficient (Wildman–Crippen LogP) is -0.980. The van der Waals surface area contributed by atoms with Crippen molar-refractivity contribution >= 4 is 0 Å². The highest BCUT2D eigenvalue weighted by Crippen LogP contribution is 2.20. The number of hydrogen-bond acceptors (Lipinski definition) is 4. The molecule has 88 valence electrons. The predicted molar refractivity (Wildman–Crippen MR) is 58.2 cm³/mol. The number of rotatable bonds is 2. The summed E-state index contributed by atoms with van der Waals surface area (Å²) in [7, 11) is 0. The Balaban J connectivity index is 2.10. The topological polar surface area (TPSA) is 89.2 Å². The second-order valence-electron chi connectivity index (χ2n) is 4.57. The number of likely N-dealkylation sites (tertiary alicyclic amines) is 1. The molecule has 0 aromatic carbocycles. The highest BCUT2D eigenvalue weighted by Gasteiger charge is 2.31. The summed E-state index contributed by atoms with van der Waals surface area (Å²) >= 11 is 0. The Labute approximate surface area is 91.9 Å². The van der Waals surface area contributed by atoms with Gasteiger partial charge in [0.05, 0.1) is 5.60 Å². The first-order chi connectivity index (χ1) is 7.44. The van der Waals surface area contributed by atoms with Crippen LogP contribution in [0.25, 0.3) is 0 Å². The van der Waals surface area contributed by atoms with Gasteiger partial charge in [0, 0.05) is 31.4 Å². The van der Waals surface area contributed by atoms with Gasteiger partial charge in [-0.15, -0.1) is 0 Å². The molecule has 6 nitrogen and oxygen atoms in total. The van der Waals surface area contributed by atoms with Crippen molar-refractivity contribution in [1.82, 2.24) is 14.9 Å². The lowest BCUT2D eigenvalue weighted by molar-refractivity contribution is 0.0677. The number of aromatic nitrogens is 2. The molecule has 6 heteroatoms. The third-order valence-electron chi connectivity index (χ3n) is 2.74. The van der Waals surface area contributed by atoms with Gasteiger partial charge in [-0.2, -0.15) is 0 Å². The van der Waals surface area contributed by atoms with Gasteiger partial charge in [-0.3, -0.25) is 14.7 Å². The van der Waals surface area contributed by atoms with E-state index in [0.29, 0.717) is 25.2 Å². The minimum atomic E-state index is -0.665. The van der Waals surface area contributed by atoms with E-state index in [1.165, 1.54) is 6.07 Å². The van der Waals surface area contributed by atoms with Crippen LogP contribution in [0.4, 0.5) is 0 Å². The minimum Gasteiger partial charge on any atom is -0.389 e. The van der Waals surface area contributed by atoms with Gasteiger partial charge >= 0.3 is 5.69 Å². The Morgan fingerprint density at radius 1 is 1.50 bits per heavy atom. The van der Waals surface area contributed by atoms with Crippen molar-refractivity contribution in [2.75, 3.05) is 13.1 Å². The third-order valence-corrected chi connectivity index (χ3v) is 2.74. The molecule has 0 aliphatic carbocycles. The van der Waals surface area contributed by atoms with Gasteiger partial charge in [0.2, 0.25) is 0 Å². The van der Waals surface area contributed by atoms with Gasteiger partial charge in [-0.05, 0) is 13.3 Å². The van der Waals surface area contributed by atoms with Gasteiger partial charge in [0.1, 0.15) is 0 Å². The summed E-state index contributed by atoms with van der Waals surface area (Å²) in [5, 5.41) is 9.77. The molecule has 0 spiro atoms. The summed E-state index contributed by atoms with van der Waals surface area (Å²) in [6.07, 6.45) is 0.709. The van der Waals surface area contributed by atoms with Crippen molar-refractivity contribution in [1.29, 1.82) is 0 Å². The first-order valence-corrected chi connectivity index (χ1v) is 5.22. The van der Waals surface area contributed by atoms with E-state index in [0.717, 1.165) is 6.54 Å². The SMILES string of the molecule is CC1(O)CCN(Cc2cc(=O)[nH]c(=O)[nH]2)C1. The van der Waals surface area contributed by atoms with Crippen LogP contribution in [0.3, 0.4) is 0 Å². The number of aliphatic hydroxyl groups is 1. The lowest BCUT2D eigenvalue weighted by Gasteiger charge is -2.18. The molecule has 0 bridgehead atoms. The Morgan fingerprint density at radius 3 is 2.81 bits per heavy atom. The van der Waals surface area contributed by atoms with Crippen molar-refractivity contribution in [2.45, 2.75) is 25.5 Å². The molecule has 16 heavy (non-hydrogen) atoms. The first-order valence-electron chi connectivity index (χ1n) is 5.22. The van der Waals surface area contributed by atoms with E-state index in [4.69, 9.17) is 0 Å². The lowest BCUT2D eigenvalue weighted by Crippen LogP contribution is -2.31. The van der Waals surface area contributed by atoms with Crippen molar-refractivity contribution in [2.24, 2.45) is 0 Å². The molecule has 1 aliphatic rings. The monoisotopic (exact) mass is 225 g/mol. The van der Waals surface area contributed by atoms with E-state index in [1.807, 2.05) is 4.90 Å². The normalized spacial score (nSPS) is 26.1.